The smallest absolute Gasteiger partial charge is 0.0361 e. The van der Waals surface area contributed by atoms with Gasteiger partial charge in [0.1, 0.15) is 0 Å². The van der Waals surface area contributed by atoms with Gasteiger partial charge in [0.25, 0.3) is 0 Å². The third-order valence-corrected chi connectivity index (χ3v) is 4.50. The highest BCUT2D eigenvalue weighted by molar-refractivity contribution is 6.59. The van der Waals surface area contributed by atoms with Crippen molar-refractivity contribution >= 4 is 8.73 Å². The molecule has 0 aliphatic rings. The van der Waals surface area contributed by atoms with Crippen molar-refractivity contribution in [2.75, 3.05) is 0 Å². The first-order valence-corrected chi connectivity index (χ1v) is 5.25. The molecule has 0 aromatic heterocycles. The molecule has 0 bridgehead atoms. The summed E-state index contributed by atoms with van der Waals surface area (Å²) in [5.41, 5.74) is 0. The lowest BCUT2D eigenvalue weighted by molar-refractivity contribution is 0.742. The summed E-state index contributed by atoms with van der Waals surface area (Å²) in [5.74, 6) is 0. The fourth-order valence-electron chi connectivity index (χ4n) is 0. The van der Waals surface area contributed by atoms with E-state index >= 15 is 0 Å². The summed E-state index contributed by atoms with van der Waals surface area (Å²) in [5, 5.41) is 0.243. The van der Waals surface area contributed by atoms with E-state index < -0.39 is 8.73 Å². The molecule has 0 saturated carbocycles. The minimum Gasteiger partial charge on any atom is -0.0718 e. The van der Waals surface area contributed by atoms with Gasteiger partial charge < -0.3 is 0 Å². The van der Waals surface area contributed by atoms with Crippen molar-refractivity contribution in [1.82, 2.24) is 0 Å². The summed E-state index contributed by atoms with van der Waals surface area (Å²) in [6, 6.07) is 0. The fourth-order valence-corrected chi connectivity index (χ4v) is 0. The Morgan fingerprint density at radius 3 is 1.43 bits per heavy atom. The van der Waals surface area contributed by atoms with Crippen LogP contribution in [0.15, 0.2) is 0 Å². The molecule has 0 radical (unpaired) electrons. The first-order valence-electron chi connectivity index (χ1n) is 3.25. The average Bonchev–Trinajstić information content (AvgIpc) is 1.25. The Kier molecular flexibility index (Phi) is 1.52. The maximum atomic E-state index is 7.72. The van der Waals surface area contributed by atoms with E-state index in [2.05, 4.69) is 33.9 Å². The molecule has 44 valence electrons. The van der Waals surface area contributed by atoms with E-state index in [9.17, 15) is 0 Å². The lowest BCUT2D eigenvalue weighted by atomic mass is 10.2. The summed E-state index contributed by atoms with van der Waals surface area (Å²) < 4.78 is 7.72. The van der Waals surface area contributed by atoms with Crippen LogP contribution < -0.4 is 0 Å². The third kappa shape index (κ3) is 2.86. The van der Waals surface area contributed by atoms with E-state index in [0.717, 1.165) is 0 Å². The van der Waals surface area contributed by atoms with Crippen LogP contribution in [0, 0.1) is 0 Å². The molecule has 0 amide bonds. The monoisotopic (exact) mass is 117 g/mol. The van der Waals surface area contributed by atoms with Gasteiger partial charge in [-0.3, -0.25) is 0 Å². The Labute approximate surface area is 49.8 Å². The van der Waals surface area contributed by atoms with Crippen LogP contribution in [0.25, 0.3) is 0 Å². The fraction of sp³-hybridized carbons (Fsp3) is 1.00. The van der Waals surface area contributed by atoms with Crippen LogP contribution in [-0.2, 0) is 0 Å². The van der Waals surface area contributed by atoms with Crippen molar-refractivity contribution in [3.8, 4) is 0 Å². The number of hydrogen-bond donors (Lipinski definition) is 0. The van der Waals surface area contributed by atoms with Crippen LogP contribution in [0.1, 0.15) is 20.8 Å². The van der Waals surface area contributed by atoms with E-state index in [1.807, 2.05) is 0 Å². The number of hydrogen-bond acceptors (Lipinski definition) is 0. The Balaban J connectivity index is 4.02. The molecular formula is C6H16Si. The van der Waals surface area contributed by atoms with Gasteiger partial charge in [-0.2, -0.15) is 0 Å². The molecule has 0 aromatic rings. The summed E-state index contributed by atoms with van der Waals surface area (Å²) in [7, 11) is -1.61. The zero-order chi connectivity index (χ0) is 7.00. The van der Waals surface area contributed by atoms with Gasteiger partial charge in [-0.05, 0) is 5.04 Å². The minimum atomic E-state index is -1.61. The normalized spacial score (nSPS) is 16.4. The van der Waals surface area contributed by atoms with Gasteiger partial charge in [0.15, 0.2) is 0 Å². The van der Waals surface area contributed by atoms with Gasteiger partial charge in [-0.1, -0.05) is 33.9 Å². The Morgan fingerprint density at radius 2 is 1.43 bits per heavy atom. The SMILES string of the molecule is [2H][Si](C)(C)C(C)(C)C. The van der Waals surface area contributed by atoms with E-state index in [-0.39, 0.29) is 5.04 Å². The first kappa shape index (κ1) is 5.36. The van der Waals surface area contributed by atoms with Crippen molar-refractivity contribution in [1.29, 1.82) is 1.23 Å². The highest BCUT2D eigenvalue weighted by Crippen LogP contribution is 2.25. The predicted molar refractivity (Wildman–Crippen MR) is 38.6 cm³/mol. The van der Waals surface area contributed by atoms with Crippen molar-refractivity contribution < 1.29 is 0 Å². The summed E-state index contributed by atoms with van der Waals surface area (Å²) >= 11 is 0. The van der Waals surface area contributed by atoms with Gasteiger partial charge in [0.05, 0.1) is 0 Å². The summed E-state index contributed by atoms with van der Waals surface area (Å²) in [4.78, 5) is 0. The second kappa shape index (κ2) is 1.99. The van der Waals surface area contributed by atoms with Crippen molar-refractivity contribution in [3.63, 3.8) is 0 Å². The standard InChI is InChI=1S/C6H16Si/c1-6(2,3)7(4)5/h7H,1-5H3/i7D. The lowest BCUT2D eigenvalue weighted by Gasteiger charge is -2.21. The van der Waals surface area contributed by atoms with Gasteiger partial charge in [-0.15, -0.1) is 0 Å². The maximum Gasteiger partial charge on any atom is 0.0361 e. The molecular weight excluding hydrogens is 100 g/mol. The first-order chi connectivity index (χ1) is 3.25. The van der Waals surface area contributed by atoms with Crippen LogP contribution in [0.2, 0.25) is 18.1 Å². The molecule has 0 rings (SSSR count). The highest BCUT2D eigenvalue weighted by Gasteiger charge is 2.15. The van der Waals surface area contributed by atoms with Gasteiger partial charge in [0, 0.05) is 9.96 Å². The molecule has 0 aliphatic heterocycles. The largest absolute Gasteiger partial charge is 0.0718 e. The summed E-state index contributed by atoms with van der Waals surface area (Å²) in [6.07, 6.45) is 0. The lowest BCUT2D eigenvalue weighted by Crippen LogP contribution is -2.16. The Morgan fingerprint density at radius 1 is 1.29 bits per heavy atom. The molecule has 0 aromatic carbocycles. The third-order valence-electron chi connectivity index (χ3n) is 1.50. The highest BCUT2D eigenvalue weighted by atomic mass is 28.3. The molecule has 0 aliphatic carbocycles. The molecule has 7 heavy (non-hydrogen) atoms. The Hall–Kier alpha value is 0.217. The van der Waals surface area contributed by atoms with Crippen LogP contribution in [0.4, 0.5) is 0 Å². The molecule has 0 saturated heterocycles. The van der Waals surface area contributed by atoms with Gasteiger partial charge in [-0.25, -0.2) is 0 Å². The van der Waals surface area contributed by atoms with Crippen LogP contribution in [0.5, 0.6) is 0 Å². The van der Waals surface area contributed by atoms with E-state index in [0.29, 0.717) is 0 Å². The quantitative estimate of drug-likeness (QED) is 0.427. The van der Waals surface area contributed by atoms with Gasteiger partial charge in [0.2, 0.25) is 0 Å². The predicted octanol–water partition coefficient (Wildman–Crippen LogP) is 2.27. The molecule has 0 nitrogen and oxygen atoms in total. The van der Waals surface area contributed by atoms with Crippen LogP contribution in [0.3, 0.4) is 0 Å². The van der Waals surface area contributed by atoms with E-state index in [4.69, 9.17) is 1.23 Å². The Bertz CT molecular complexity index is 63.5. The maximum absolute atomic E-state index is 7.72. The van der Waals surface area contributed by atoms with Crippen molar-refractivity contribution in [3.05, 3.63) is 0 Å². The van der Waals surface area contributed by atoms with Crippen LogP contribution >= 0.6 is 0 Å². The van der Waals surface area contributed by atoms with Crippen molar-refractivity contribution in [2.24, 2.45) is 0 Å². The van der Waals surface area contributed by atoms with Gasteiger partial charge >= 0.3 is 0 Å². The topological polar surface area (TPSA) is 0 Å². The number of rotatable bonds is 0. The molecule has 1 heteroatoms. The average molecular weight is 117 g/mol. The molecule has 0 N–H and O–H groups in total. The van der Waals surface area contributed by atoms with E-state index in [1.54, 1.807) is 0 Å². The zero-order valence-corrected chi connectivity index (χ0v) is 7.00. The van der Waals surface area contributed by atoms with Crippen molar-refractivity contribution in [2.45, 2.75) is 38.9 Å². The molecule has 0 heterocycles. The van der Waals surface area contributed by atoms with E-state index in [1.165, 1.54) is 0 Å². The molecule has 0 spiro atoms. The van der Waals surface area contributed by atoms with Crippen LogP contribution in [-0.4, -0.2) is 9.96 Å². The summed E-state index contributed by atoms with van der Waals surface area (Å²) in [6.45, 7) is 10.6. The zero-order valence-electron chi connectivity index (χ0n) is 7.00. The minimum absolute atomic E-state index is 0.243. The molecule has 0 atom stereocenters. The second-order valence-electron chi connectivity index (χ2n) is 3.25. The molecule has 0 unspecified atom stereocenters. The molecule has 0 fully saturated rings. The second-order valence-corrected chi connectivity index (χ2v) is 6.75.